The molecule has 0 atom stereocenters. The van der Waals surface area contributed by atoms with Crippen LogP contribution in [0, 0.1) is 6.92 Å². The second-order valence-electron chi connectivity index (χ2n) is 5.00. The number of rotatable bonds is 2. The van der Waals surface area contributed by atoms with E-state index in [0.717, 1.165) is 47.5 Å². The number of hydrogen-bond acceptors (Lipinski definition) is 3. The van der Waals surface area contributed by atoms with E-state index >= 15 is 0 Å². The van der Waals surface area contributed by atoms with Gasteiger partial charge in [-0.3, -0.25) is 4.79 Å². The lowest BCUT2D eigenvalue weighted by atomic mass is 10.1. The van der Waals surface area contributed by atoms with Crippen molar-refractivity contribution in [3.63, 3.8) is 0 Å². The first-order chi connectivity index (χ1) is 9.79. The smallest absolute Gasteiger partial charge is 0.152 e. The molecule has 1 aliphatic rings. The Kier molecular flexibility index (Phi) is 3.42. The summed E-state index contributed by atoms with van der Waals surface area (Å²) in [4.78, 5) is 13.5. The molecule has 2 aromatic carbocycles. The van der Waals surface area contributed by atoms with Gasteiger partial charge in [-0.05, 0) is 37.6 Å². The summed E-state index contributed by atoms with van der Waals surface area (Å²) in [5.74, 6) is 0.877. The van der Waals surface area contributed by atoms with Gasteiger partial charge in [0.25, 0.3) is 0 Å². The summed E-state index contributed by atoms with van der Waals surface area (Å²) in [6, 6.07) is 14.0. The quantitative estimate of drug-likeness (QED) is 0.776. The van der Waals surface area contributed by atoms with E-state index in [-0.39, 0.29) is 0 Å². The number of fused-ring (bicyclic) bond motifs is 1. The lowest BCUT2D eigenvalue weighted by Crippen LogP contribution is -2.19. The highest BCUT2D eigenvalue weighted by Gasteiger charge is 2.19. The van der Waals surface area contributed by atoms with E-state index in [4.69, 9.17) is 4.74 Å². The zero-order valence-electron chi connectivity index (χ0n) is 11.5. The molecule has 0 aromatic heterocycles. The van der Waals surface area contributed by atoms with Gasteiger partial charge in [0, 0.05) is 12.1 Å². The predicted molar refractivity (Wildman–Crippen MR) is 80.1 cm³/mol. The maximum Gasteiger partial charge on any atom is 0.152 e. The van der Waals surface area contributed by atoms with Crippen LogP contribution in [0.25, 0.3) is 0 Å². The van der Waals surface area contributed by atoms with Gasteiger partial charge in [0.1, 0.15) is 5.75 Å². The number of para-hydroxylation sites is 2. The molecular weight excluding hydrogens is 250 g/mol. The fourth-order valence-electron chi connectivity index (χ4n) is 2.59. The summed E-state index contributed by atoms with van der Waals surface area (Å²) in [5.41, 5.74) is 3.79. The third-order valence-electron chi connectivity index (χ3n) is 3.54. The molecule has 0 radical (unpaired) electrons. The second-order valence-corrected chi connectivity index (χ2v) is 5.00. The van der Waals surface area contributed by atoms with Gasteiger partial charge >= 0.3 is 0 Å². The Balaban J connectivity index is 2.12. The highest BCUT2D eigenvalue weighted by Crippen LogP contribution is 2.37. The van der Waals surface area contributed by atoms with Gasteiger partial charge in [0.15, 0.2) is 6.29 Å². The van der Waals surface area contributed by atoms with Gasteiger partial charge in [-0.2, -0.15) is 0 Å². The SMILES string of the molecule is Cc1ccc(N2CCCOc3ccccc32)c(C=O)c1. The highest BCUT2D eigenvalue weighted by atomic mass is 16.5. The lowest BCUT2D eigenvalue weighted by molar-refractivity contribution is 0.112. The molecule has 1 heterocycles. The number of aldehydes is 1. The highest BCUT2D eigenvalue weighted by molar-refractivity contribution is 5.88. The Morgan fingerprint density at radius 2 is 2.00 bits per heavy atom. The number of carbonyl (C=O) groups is 1. The molecule has 0 unspecified atom stereocenters. The molecule has 0 aliphatic carbocycles. The summed E-state index contributed by atoms with van der Waals surface area (Å²) in [6.45, 7) is 3.55. The molecule has 0 N–H and O–H groups in total. The molecule has 0 saturated heterocycles. The van der Waals surface area contributed by atoms with Crippen LogP contribution in [0.3, 0.4) is 0 Å². The average Bonchev–Trinajstić information content (AvgIpc) is 2.69. The normalized spacial score (nSPS) is 14.2. The Morgan fingerprint density at radius 1 is 1.15 bits per heavy atom. The number of carbonyl (C=O) groups excluding carboxylic acids is 1. The average molecular weight is 267 g/mol. The van der Waals surface area contributed by atoms with Crippen molar-refractivity contribution in [1.29, 1.82) is 0 Å². The van der Waals surface area contributed by atoms with Crippen LogP contribution >= 0.6 is 0 Å². The van der Waals surface area contributed by atoms with Gasteiger partial charge in [0.2, 0.25) is 0 Å². The monoisotopic (exact) mass is 267 g/mol. The number of aryl methyl sites for hydroxylation is 1. The van der Waals surface area contributed by atoms with Crippen molar-refractivity contribution in [2.45, 2.75) is 13.3 Å². The second kappa shape index (κ2) is 5.37. The van der Waals surface area contributed by atoms with E-state index in [1.54, 1.807) is 0 Å². The zero-order chi connectivity index (χ0) is 13.9. The summed E-state index contributed by atoms with van der Waals surface area (Å²) in [7, 11) is 0. The lowest BCUT2D eigenvalue weighted by Gasteiger charge is -2.25. The Labute approximate surface area is 118 Å². The van der Waals surface area contributed by atoms with Crippen molar-refractivity contribution < 1.29 is 9.53 Å². The minimum absolute atomic E-state index is 0.704. The molecule has 0 saturated carbocycles. The van der Waals surface area contributed by atoms with Crippen molar-refractivity contribution in [3.05, 3.63) is 53.6 Å². The Morgan fingerprint density at radius 3 is 2.85 bits per heavy atom. The Bertz CT molecular complexity index is 637. The molecule has 0 amide bonds. The minimum atomic E-state index is 0.704. The van der Waals surface area contributed by atoms with Crippen LogP contribution in [0.2, 0.25) is 0 Å². The number of nitrogens with zero attached hydrogens (tertiary/aromatic N) is 1. The summed E-state index contributed by atoms with van der Waals surface area (Å²) in [6.07, 6.45) is 1.86. The van der Waals surface area contributed by atoms with Crippen LogP contribution in [-0.2, 0) is 0 Å². The Hall–Kier alpha value is -2.29. The maximum atomic E-state index is 11.4. The van der Waals surface area contributed by atoms with E-state index in [1.165, 1.54) is 0 Å². The molecule has 0 spiro atoms. The van der Waals surface area contributed by atoms with Crippen molar-refractivity contribution in [1.82, 2.24) is 0 Å². The summed E-state index contributed by atoms with van der Waals surface area (Å²) >= 11 is 0. The fourth-order valence-corrected chi connectivity index (χ4v) is 2.59. The third-order valence-corrected chi connectivity index (χ3v) is 3.54. The van der Waals surface area contributed by atoms with E-state index < -0.39 is 0 Å². The molecular formula is C17H17NO2. The third kappa shape index (κ3) is 2.27. The fraction of sp³-hybridized carbons (Fsp3) is 0.235. The van der Waals surface area contributed by atoms with E-state index in [0.29, 0.717) is 6.61 Å². The summed E-state index contributed by atoms with van der Waals surface area (Å²) in [5, 5.41) is 0. The largest absolute Gasteiger partial charge is 0.491 e. The number of anilines is 2. The number of benzene rings is 2. The minimum Gasteiger partial charge on any atom is -0.491 e. The first-order valence-electron chi connectivity index (χ1n) is 6.85. The van der Waals surface area contributed by atoms with Gasteiger partial charge in [-0.1, -0.05) is 23.8 Å². The van der Waals surface area contributed by atoms with Gasteiger partial charge < -0.3 is 9.64 Å². The molecule has 102 valence electrons. The van der Waals surface area contributed by atoms with Crippen molar-refractivity contribution in [3.8, 4) is 5.75 Å². The predicted octanol–water partition coefficient (Wildman–Crippen LogP) is 3.73. The molecule has 0 fully saturated rings. The molecule has 3 rings (SSSR count). The summed E-state index contributed by atoms with van der Waals surface area (Å²) < 4.78 is 5.77. The van der Waals surface area contributed by atoms with Crippen molar-refractivity contribution >= 4 is 17.7 Å². The molecule has 0 bridgehead atoms. The van der Waals surface area contributed by atoms with Crippen LogP contribution in [0.1, 0.15) is 22.3 Å². The zero-order valence-corrected chi connectivity index (χ0v) is 11.5. The molecule has 3 heteroatoms. The number of hydrogen-bond donors (Lipinski definition) is 0. The number of ether oxygens (including phenoxy) is 1. The van der Waals surface area contributed by atoms with Crippen LogP contribution in [0.4, 0.5) is 11.4 Å². The van der Waals surface area contributed by atoms with E-state index in [9.17, 15) is 4.79 Å². The maximum absolute atomic E-state index is 11.4. The van der Waals surface area contributed by atoms with Gasteiger partial charge in [-0.25, -0.2) is 0 Å². The van der Waals surface area contributed by atoms with E-state index in [1.807, 2.05) is 49.4 Å². The molecule has 3 nitrogen and oxygen atoms in total. The topological polar surface area (TPSA) is 29.5 Å². The molecule has 1 aliphatic heterocycles. The first kappa shape index (κ1) is 12.7. The van der Waals surface area contributed by atoms with Crippen LogP contribution < -0.4 is 9.64 Å². The van der Waals surface area contributed by atoms with Crippen molar-refractivity contribution in [2.24, 2.45) is 0 Å². The van der Waals surface area contributed by atoms with Crippen LogP contribution in [0.5, 0.6) is 5.75 Å². The molecule has 20 heavy (non-hydrogen) atoms. The standard InChI is InChI=1S/C17H17NO2/c1-13-7-8-15(14(11-13)12-19)18-9-4-10-20-17-6-3-2-5-16(17)18/h2-3,5-8,11-12H,4,9-10H2,1H3. The van der Waals surface area contributed by atoms with Gasteiger partial charge in [0.05, 0.1) is 18.0 Å². The van der Waals surface area contributed by atoms with Crippen molar-refractivity contribution in [2.75, 3.05) is 18.1 Å². The first-order valence-corrected chi connectivity index (χ1v) is 6.85. The van der Waals surface area contributed by atoms with Gasteiger partial charge in [-0.15, -0.1) is 0 Å². The van der Waals surface area contributed by atoms with Crippen LogP contribution in [-0.4, -0.2) is 19.4 Å². The van der Waals surface area contributed by atoms with E-state index in [2.05, 4.69) is 4.90 Å². The molecule has 2 aromatic rings. The van der Waals surface area contributed by atoms with Crippen LogP contribution in [0.15, 0.2) is 42.5 Å².